The van der Waals surface area contributed by atoms with Crippen LogP contribution in [0.4, 0.5) is 5.69 Å². The summed E-state index contributed by atoms with van der Waals surface area (Å²) in [6, 6.07) is 2.82. The second-order valence-corrected chi connectivity index (χ2v) is 2.44. The number of nitroso groups, excluding NO2 is 1. The number of aldehydes is 1. The average molecular weight is 176 g/mol. The average Bonchev–Trinajstić information content (AvgIpc) is 2.63. The Balaban J connectivity index is 2.84. The van der Waals surface area contributed by atoms with Crippen molar-refractivity contribution < 1.29 is 4.79 Å². The molecule has 0 fully saturated rings. The highest BCUT2D eigenvalue weighted by molar-refractivity contribution is 5.95. The second kappa shape index (κ2) is 2.74. The Morgan fingerprint density at radius 2 is 2.23 bits per heavy atom. The van der Waals surface area contributed by atoms with Gasteiger partial charge in [0, 0.05) is 5.56 Å². The zero-order valence-electron chi connectivity index (χ0n) is 6.39. The molecule has 6 nitrogen and oxygen atoms in total. The van der Waals surface area contributed by atoms with Gasteiger partial charge in [0.25, 0.3) is 0 Å². The van der Waals surface area contributed by atoms with Gasteiger partial charge in [0.05, 0.1) is 0 Å². The number of hydrogen-bond acceptors (Lipinski definition) is 5. The van der Waals surface area contributed by atoms with Crippen molar-refractivity contribution in [1.82, 2.24) is 15.4 Å². The molecule has 0 saturated heterocycles. The number of nitrogens with one attached hydrogen (secondary N) is 1. The Bertz CT molecular complexity index is 476. The predicted octanol–water partition coefficient (Wildman–Crippen LogP) is 1.17. The number of fused-ring (bicyclic) bond motifs is 1. The van der Waals surface area contributed by atoms with Gasteiger partial charge < -0.3 is 0 Å². The predicted molar refractivity (Wildman–Crippen MR) is 44.7 cm³/mol. The zero-order chi connectivity index (χ0) is 9.26. The summed E-state index contributed by atoms with van der Waals surface area (Å²) >= 11 is 0. The summed E-state index contributed by atoms with van der Waals surface area (Å²) in [6.07, 6.45) is 0.611. The maximum Gasteiger partial charge on any atom is 0.152 e. The van der Waals surface area contributed by atoms with Crippen LogP contribution in [0, 0.1) is 4.91 Å². The van der Waals surface area contributed by atoms with Gasteiger partial charge in [-0.25, -0.2) is 0 Å². The van der Waals surface area contributed by atoms with Crippen molar-refractivity contribution in [2.24, 2.45) is 5.18 Å². The van der Waals surface area contributed by atoms with Crippen LogP contribution in [0.25, 0.3) is 11.0 Å². The molecule has 0 atom stereocenters. The molecule has 0 bridgehead atoms. The number of nitrogens with zero attached hydrogens (tertiary/aromatic N) is 3. The first kappa shape index (κ1) is 7.53. The minimum absolute atomic E-state index is 0.170. The molecule has 2 aromatic rings. The summed E-state index contributed by atoms with van der Waals surface area (Å²) < 4.78 is 0. The lowest BCUT2D eigenvalue weighted by Crippen LogP contribution is -1.82. The number of aromatic amines is 1. The lowest BCUT2D eigenvalue weighted by atomic mass is 10.2. The molecule has 0 saturated carbocycles. The standard InChI is InChI=1S/C7H4N4O2/c12-3-4-1-5(10-13)2-6-7(4)9-11-8-6/h1-3H,(H,8,9,11). The molecule has 13 heavy (non-hydrogen) atoms. The molecule has 0 aliphatic rings. The van der Waals surface area contributed by atoms with Crippen molar-refractivity contribution in [1.29, 1.82) is 0 Å². The van der Waals surface area contributed by atoms with E-state index in [1.807, 2.05) is 0 Å². The molecule has 2 rings (SSSR count). The normalized spacial score (nSPS) is 10.2. The van der Waals surface area contributed by atoms with Gasteiger partial charge in [-0.15, -0.1) is 4.91 Å². The van der Waals surface area contributed by atoms with Gasteiger partial charge >= 0.3 is 0 Å². The lowest BCUT2D eigenvalue weighted by molar-refractivity contribution is 0.112. The maximum atomic E-state index is 10.6. The van der Waals surface area contributed by atoms with E-state index in [2.05, 4.69) is 20.6 Å². The first-order valence-electron chi connectivity index (χ1n) is 3.48. The van der Waals surface area contributed by atoms with Gasteiger partial charge in [-0.05, 0) is 17.3 Å². The van der Waals surface area contributed by atoms with Gasteiger partial charge in [-0.2, -0.15) is 15.4 Å². The number of H-pyrrole nitrogens is 1. The third kappa shape index (κ3) is 1.08. The van der Waals surface area contributed by atoms with E-state index < -0.39 is 0 Å². The van der Waals surface area contributed by atoms with E-state index >= 15 is 0 Å². The first-order chi connectivity index (χ1) is 6.35. The van der Waals surface area contributed by atoms with Crippen molar-refractivity contribution in [3.8, 4) is 0 Å². The summed E-state index contributed by atoms with van der Waals surface area (Å²) in [7, 11) is 0. The number of aromatic nitrogens is 3. The van der Waals surface area contributed by atoms with E-state index in [-0.39, 0.29) is 5.69 Å². The van der Waals surface area contributed by atoms with Crippen molar-refractivity contribution in [2.75, 3.05) is 0 Å². The van der Waals surface area contributed by atoms with Gasteiger partial charge in [0.2, 0.25) is 0 Å². The summed E-state index contributed by atoms with van der Waals surface area (Å²) in [6.45, 7) is 0. The van der Waals surface area contributed by atoms with E-state index in [0.29, 0.717) is 22.9 Å². The van der Waals surface area contributed by atoms with Crippen LogP contribution < -0.4 is 0 Å². The van der Waals surface area contributed by atoms with Crippen LogP contribution in [0.2, 0.25) is 0 Å². The Hall–Kier alpha value is -2.11. The van der Waals surface area contributed by atoms with Gasteiger partial charge in [-0.1, -0.05) is 0 Å². The zero-order valence-corrected chi connectivity index (χ0v) is 6.39. The summed E-state index contributed by atoms with van der Waals surface area (Å²) in [5.74, 6) is 0. The van der Waals surface area contributed by atoms with Crippen LogP contribution in [-0.2, 0) is 0 Å². The molecule has 0 amide bonds. The third-order valence-electron chi connectivity index (χ3n) is 1.67. The van der Waals surface area contributed by atoms with E-state index in [1.54, 1.807) is 0 Å². The molecule has 0 unspecified atom stereocenters. The van der Waals surface area contributed by atoms with Gasteiger partial charge in [0.1, 0.15) is 16.7 Å². The van der Waals surface area contributed by atoms with Gasteiger partial charge in [-0.3, -0.25) is 4.79 Å². The van der Waals surface area contributed by atoms with Crippen molar-refractivity contribution in [2.45, 2.75) is 0 Å². The highest BCUT2D eigenvalue weighted by atomic mass is 16.3. The van der Waals surface area contributed by atoms with E-state index in [0.717, 1.165) is 0 Å². The quantitative estimate of drug-likeness (QED) is 0.549. The summed E-state index contributed by atoms with van der Waals surface area (Å²) in [4.78, 5) is 20.8. The van der Waals surface area contributed by atoms with Crippen LogP contribution in [-0.4, -0.2) is 21.7 Å². The van der Waals surface area contributed by atoms with Crippen molar-refractivity contribution in [3.63, 3.8) is 0 Å². The number of hydrogen-bond donors (Lipinski definition) is 1. The van der Waals surface area contributed by atoms with E-state index in [1.165, 1.54) is 12.1 Å². The Morgan fingerprint density at radius 1 is 1.38 bits per heavy atom. The fourth-order valence-corrected chi connectivity index (χ4v) is 1.10. The molecule has 0 aliphatic heterocycles. The van der Waals surface area contributed by atoms with Crippen LogP contribution in [0.3, 0.4) is 0 Å². The van der Waals surface area contributed by atoms with Crippen molar-refractivity contribution >= 4 is 23.0 Å². The molecule has 1 heterocycles. The monoisotopic (exact) mass is 176 g/mol. The molecule has 0 aliphatic carbocycles. The molecule has 0 spiro atoms. The number of rotatable bonds is 2. The fourth-order valence-electron chi connectivity index (χ4n) is 1.10. The Kier molecular flexibility index (Phi) is 1.59. The lowest BCUT2D eigenvalue weighted by Gasteiger charge is -1.91. The molecule has 0 radical (unpaired) electrons. The highest BCUT2D eigenvalue weighted by Crippen LogP contribution is 2.20. The van der Waals surface area contributed by atoms with Crippen molar-refractivity contribution in [3.05, 3.63) is 22.6 Å². The largest absolute Gasteiger partial charge is 0.298 e. The summed E-state index contributed by atoms with van der Waals surface area (Å²) in [5, 5.41) is 12.6. The smallest absolute Gasteiger partial charge is 0.152 e. The molecule has 6 heteroatoms. The van der Waals surface area contributed by atoms with Crippen LogP contribution in [0.1, 0.15) is 10.4 Å². The number of benzene rings is 1. The Labute approximate surface area is 71.9 Å². The van der Waals surface area contributed by atoms with Gasteiger partial charge in [0.15, 0.2) is 6.29 Å². The summed E-state index contributed by atoms with van der Waals surface area (Å²) in [5.41, 5.74) is 1.38. The minimum Gasteiger partial charge on any atom is -0.298 e. The Morgan fingerprint density at radius 3 is 2.92 bits per heavy atom. The van der Waals surface area contributed by atoms with E-state index in [9.17, 15) is 9.70 Å². The SMILES string of the molecule is O=Cc1cc(N=O)cc2n[nH]nc12. The molecular weight excluding hydrogens is 172 g/mol. The van der Waals surface area contributed by atoms with Crippen LogP contribution >= 0.6 is 0 Å². The fraction of sp³-hybridized carbons (Fsp3) is 0. The molecule has 64 valence electrons. The topological polar surface area (TPSA) is 88.1 Å². The molecular formula is C7H4N4O2. The molecule has 1 aromatic carbocycles. The highest BCUT2D eigenvalue weighted by Gasteiger charge is 2.06. The third-order valence-corrected chi connectivity index (χ3v) is 1.67. The van der Waals surface area contributed by atoms with Crippen LogP contribution in [0.15, 0.2) is 17.3 Å². The van der Waals surface area contributed by atoms with E-state index in [4.69, 9.17) is 0 Å². The second-order valence-electron chi connectivity index (χ2n) is 2.44. The first-order valence-corrected chi connectivity index (χ1v) is 3.48. The molecule has 1 aromatic heterocycles. The van der Waals surface area contributed by atoms with Crippen LogP contribution in [0.5, 0.6) is 0 Å². The maximum absolute atomic E-state index is 10.6. The number of carbonyl (C=O) groups is 1. The molecule has 1 N–H and O–H groups in total. The minimum atomic E-state index is 0.170. The number of carbonyl (C=O) groups excluding carboxylic acids is 1.